The van der Waals surface area contributed by atoms with E-state index in [1.165, 1.54) is 75.0 Å². The summed E-state index contributed by atoms with van der Waals surface area (Å²) in [6, 6.07) is 69.2. The zero-order valence-electron chi connectivity index (χ0n) is 31.2. The van der Waals surface area contributed by atoms with Gasteiger partial charge in [-0.05, 0) is 79.3 Å². The lowest BCUT2D eigenvalue weighted by Gasteiger charge is -2.12. The first-order valence-corrected chi connectivity index (χ1v) is 20.3. The van der Waals surface area contributed by atoms with Gasteiger partial charge in [0, 0.05) is 27.6 Å². The summed E-state index contributed by atoms with van der Waals surface area (Å²) in [5, 5.41) is 8.92. The number of hydrogen-bond donors (Lipinski definition) is 0. The molecular formula is C53H32N4S. The van der Waals surface area contributed by atoms with Gasteiger partial charge in [0.2, 0.25) is 0 Å². The van der Waals surface area contributed by atoms with Crippen molar-refractivity contribution in [3.63, 3.8) is 0 Å². The van der Waals surface area contributed by atoms with Crippen molar-refractivity contribution in [3.05, 3.63) is 194 Å². The monoisotopic (exact) mass is 756 g/mol. The molecule has 12 rings (SSSR count). The van der Waals surface area contributed by atoms with Crippen LogP contribution in [0, 0.1) is 0 Å². The first kappa shape index (κ1) is 32.7. The van der Waals surface area contributed by atoms with E-state index in [1.54, 1.807) is 0 Å². The van der Waals surface area contributed by atoms with Crippen LogP contribution in [0.5, 0.6) is 0 Å². The molecule has 58 heavy (non-hydrogen) atoms. The summed E-state index contributed by atoms with van der Waals surface area (Å²) in [4.78, 5) is 16.1. The maximum Gasteiger partial charge on any atom is 0.164 e. The average Bonchev–Trinajstić information content (AvgIpc) is 3.83. The van der Waals surface area contributed by atoms with E-state index in [9.17, 15) is 0 Å². The van der Waals surface area contributed by atoms with Crippen molar-refractivity contribution < 1.29 is 0 Å². The smallest absolute Gasteiger partial charge is 0.164 e. The van der Waals surface area contributed by atoms with Gasteiger partial charge in [0.25, 0.3) is 0 Å². The van der Waals surface area contributed by atoms with E-state index in [0.29, 0.717) is 17.5 Å². The number of fused-ring (bicyclic) bond motifs is 11. The predicted octanol–water partition coefficient (Wildman–Crippen LogP) is 14.3. The van der Waals surface area contributed by atoms with Crippen LogP contribution >= 0.6 is 11.3 Å². The van der Waals surface area contributed by atoms with E-state index in [4.69, 9.17) is 15.0 Å². The number of thiazole rings is 1. The van der Waals surface area contributed by atoms with Crippen LogP contribution in [0.15, 0.2) is 194 Å². The number of rotatable bonds is 5. The van der Waals surface area contributed by atoms with Gasteiger partial charge in [0.05, 0.1) is 15.7 Å². The topological polar surface area (TPSA) is 43.1 Å². The molecule has 0 spiro atoms. The third kappa shape index (κ3) is 5.18. The Bertz CT molecular complexity index is 3460. The van der Waals surface area contributed by atoms with Gasteiger partial charge in [-0.15, -0.1) is 11.3 Å². The molecule has 0 N–H and O–H groups in total. The maximum atomic E-state index is 5.00. The highest BCUT2D eigenvalue weighted by Gasteiger charge is 2.20. The molecule has 0 aliphatic heterocycles. The molecule has 4 nitrogen and oxygen atoms in total. The average molecular weight is 757 g/mol. The lowest BCUT2D eigenvalue weighted by Crippen LogP contribution is -2.00. The van der Waals surface area contributed by atoms with Crippen LogP contribution in [0.2, 0.25) is 0 Å². The molecule has 0 bridgehead atoms. The minimum absolute atomic E-state index is 0.645. The van der Waals surface area contributed by atoms with E-state index in [-0.39, 0.29) is 0 Å². The second-order valence-electron chi connectivity index (χ2n) is 14.8. The third-order valence-corrected chi connectivity index (χ3v) is 12.6. The number of para-hydroxylation sites is 1. The lowest BCUT2D eigenvalue weighted by atomic mass is 9.91. The highest BCUT2D eigenvalue weighted by Crippen LogP contribution is 2.44. The summed E-state index contributed by atoms with van der Waals surface area (Å²) < 4.78 is 3.70. The summed E-state index contributed by atoms with van der Waals surface area (Å²) in [6.07, 6.45) is 0. The number of aromatic nitrogens is 4. The Kier molecular flexibility index (Phi) is 7.37. The van der Waals surface area contributed by atoms with Gasteiger partial charge < -0.3 is 0 Å². The molecule has 5 heteroatoms. The van der Waals surface area contributed by atoms with Crippen molar-refractivity contribution in [2.24, 2.45) is 0 Å². The van der Waals surface area contributed by atoms with Gasteiger partial charge in [-0.2, -0.15) is 0 Å². The summed E-state index contributed by atoms with van der Waals surface area (Å²) in [6.45, 7) is 0. The van der Waals surface area contributed by atoms with E-state index in [2.05, 4.69) is 138 Å². The van der Waals surface area contributed by atoms with Crippen molar-refractivity contribution in [2.45, 2.75) is 0 Å². The van der Waals surface area contributed by atoms with Gasteiger partial charge in [-0.1, -0.05) is 164 Å². The van der Waals surface area contributed by atoms with Crippen molar-refractivity contribution >= 4 is 69.6 Å². The van der Waals surface area contributed by atoms with E-state index < -0.39 is 0 Å². The highest BCUT2D eigenvalue weighted by atomic mass is 32.1. The molecular weight excluding hydrogens is 725 g/mol. The van der Waals surface area contributed by atoms with Crippen LogP contribution < -0.4 is 0 Å². The largest absolute Gasteiger partial charge is 0.299 e. The van der Waals surface area contributed by atoms with Crippen LogP contribution in [0.4, 0.5) is 0 Å². The normalized spacial score (nSPS) is 11.8. The fraction of sp³-hybridized carbons (Fsp3) is 0. The molecule has 0 aliphatic carbocycles. The van der Waals surface area contributed by atoms with Crippen molar-refractivity contribution in [1.82, 2.24) is 19.4 Å². The molecule has 0 unspecified atom stereocenters. The summed E-state index contributed by atoms with van der Waals surface area (Å²) in [5.41, 5.74) is 10.0. The second kappa shape index (κ2) is 13.1. The molecule has 0 atom stereocenters. The molecule has 0 radical (unpaired) electrons. The molecule has 270 valence electrons. The quantitative estimate of drug-likeness (QED) is 0.164. The Morgan fingerprint density at radius 1 is 0.310 bits per heavy atom. The molecule has 0 saturated heterocycles. The molecule has 0 fully saturated rings. The highest BCUT2D eigenvalue weighted by molar-refractivity contribution is 7.24. The molecule has 9 aromatic carbocycles. The molecule has 0 amide bonds. The first-order valence-electron chi connectivity index (χ1n) is 19.5. The van der Waals surface area contributed by atoms with Gasteiger partial charge >= 0.3 is 0 Å². The zero-order valence-corrected chi connectivity index (χ0v) is 32.0. The van der Waals surface area contributed by atoms with Crippen molar-refractivity contribution in [1.29, 1.82) is 0 Å². The standard InChI is InChI=1S/C53H32N4S/c1-3-13-34(14-4-1)50-54-51(35-15-5-2-6-16-35)56-52(55-50)36-25-23-33(24-26-36)49-45-32-38(28-30-46(45)57-47-21-11-12-22-48(47)58-53(49)57)37-27-29-43-41-19-8-7-17-39(41)40-18-9-10-20-42(40)44(43)31-37/h1-32H. The summed E-state index contributed by atoms with van der Waals surface area (Å²) >= 11 is 1.84. The van der Waals surface area contributed by atoms with E-state index in [0.717, 1.165) is 22.3 Å². The third-order valence-electron chi connectivity index (χ3n) is 11.4. The Balaban J connectivity index is 1.03. The van der Waals surface area contributed by atoms with E-state index in [1.807, 2.05) is 72.0 Å². The second-order valence-corrected chi connectivity index (χ2v) is 15.8. The first-order chi connectivity index (χ1) is 28.7. The van der Waals surface area contributed by atoms with Crippen LogP contribution in [0.3, 0.4) is 0 Å². The summed E-state index contributed by atoms with van der Waals surface area (Å²) in [5.74, 6) is 1.95. The number of nitrogens with zero attached hydrogens (tertiary/aromatic N) is 4. The fourth-order valence-electron chi connectivity index (χ4n) is 8.71. The van der Waals surface area contributed by atoms with Gasteiger partial charge in [0.15, 0.2) is 17.5 Å². The fourth-order valence-corrected chi connectivity index (χ4v) is 9.94. The van der Waals surface area contributed by atoms with Crippen molar-refractivity contribution in [2.75, 3.05) is 0 Å². The minimum atomic E-state index is 0.645. The maximum absolute atomic E-state index is 5.00. The SMILES string of the molecule is c1ccc(-c2nc(-c3ccccc3)nc(-c3ccc(-c4c5cc(-c6ccc7c8ccccc8c8ccccc8c7c6)ccc5n5c4sc4ccccc45)cc3)n2)cc1. The molecule has 3 aromatic heterocycles. The minimum Gasteiger partial charge on any atom is -0.299 e. The van der Waals surface area contributed by atoms with E-state index >= 15 is 0 Å². The van der Waals surface area contributed by atoms with Gasteiger partial charge in [-0.3, -0.25) is 4.40 Å². The van der Waals surface area contributed by atoms with Crippen LogP contribution in [-0.2, 0) is 0 Å². The Morgan fingerprint density at radius 3 is 1.34 bits per heavy atom. The molecule has 12 aromatic rings. The zero-order chi connectivity index (χ0) is 38.2. The lowest BCUT2D eigenvalue weighted by molar-refractivity contribution is 1.07. The Hall–Kier alpha value is -7.47. The molecule has 3 heterocycles. The number of hydrogen-bond acceptors (Lipinski definition) is 4. The summed E-state index contributed by atoms with van der Waals surface area (Å²) in [7, 11) is 0. The Morgan fingerprint density at radius 2 is 0.741 bits per heavy atom. The van der Waals surface area contributed by atoms with Gasteiger partial charge in [-0.25, -0.2) is 15.0 Å². The van der Waals surface area contributed by atoms with Crippen molar-refractivity contribution in [3.8, 4) is 56.4 Å². The molecule has 0 aliphatic rings. The van der Waals surface area contributed by atoms with Crippen LogP contribution in [0.25, 0.3) is 115 Å². The number of benzene rings is 9. The van der Waals surface area contributed by atoms with Gasteiger partial charge in [0.1, 0.15) is 4.83 Å². The Labute approximate surface area is 338 Å². The molecule has 0 saturated carbocycles. The van der Waals surface area contributed by atoms with Crippen LogP contribution in [-0.4, -0.2) is 19.4 Å². The van der Waals surface area contributed by atoms with Crippen LogP contribution in [0.1, 0.15) is 0 Å². The predicted molar refractivity (Wildman–Crippen MR) is 243 cm³/mol.